The highest BCUT2D eigenvalue weighted by molar-refractivity contribution is 6.65. The minimum absolute atomic E-state index is 0.103. The van der Waals surface area contributed by atoms with Gasteiger partial charge < -0.3 is 18.0 Å². The SMILES string of the molecule is CCCCCCC1CCC(c2ccc(OCCC[Si](OC(C)=O)(OC(C)=O)OC(C)=O)cc2)CC1. The molecule has 35 heavy (non-hydrogen) atoms. The fraction of sp³-hybridized carbons (Fsp3) is 0.667. The zero-order valence-electron chi connectivity index (χ0n) is 21.8. The molecule has 196 valence electrons. The molecule has 0 aromatic heterocycles. The van der Waals surface area contributed by atoms with E-state index in [-0.39, 0.29) is 6.04 Å². The van der Waals surface area contributed by atoms with E-state index in [0.717, 1.165) is 11.7 Å². The van der Waals surface area contributed by atoms with Gasteiger partial charge in [0.2, 0.25) is 0 Å². The zero-order valence-corrected chi connectivity index (χ0v) is 22.8. The van der Waals surface area contributed by atoms with Crippen LogP contribution in [-0.2, 0) is 27.7 Å². The summed E-state index contributed by atoms with van der Waals surface area (Å²) in [5.74, 6) is 0.271. The van der Waals surface area contributed by atoms with Crippen LogP contribution in [0.3, 0.4) is 0 Å². The van der Waals surface area contributed by atoms with E-state index in [1.807, 2.05) is 12.1 Å². The van der Waals surface area contributed by atoms with Crippen molar-refractivity contribution < 1.29 is 32.4 Å². The molecular formula is C27H42O7Si. The summed E-state index contributed by atoms with van der Waals surface area (Å²) in [6.45, 7) is 6.13. The first-order valence-electron chi connectivity index (χ1n) is 13.0. The third-order valence-electron chi connectivity index (χ3n) is 6.46. The van der Waals surface area contributed by atoms with Gasteiger partial charge in [-0.1, -0.05) is 51.2 Å². The van der Waals surface area contributed by atoms with Gasteiger partial charge in [0, 0.05) is 20.8 Å². The van der Waals surface area contributed by atoms with Crippen LogP contribution in [-0.4, -0.2) is 33.3 Å². The molecule has 1 aliphatic carbocycles. The Balaban J connectivity index is 1.80. The molecule has 1 aromatic carbocycles. The van der Waals surface area contributed by atoms with Gasteiger partial charge in [0.25, 0.3) is 17.9 Å². The molecule has 0 bridgehead atoms. The Bertz CT molecular complexity index is 759. The second kappa shape index (κ2) is 14.9. The first-order chi connectivity index (χ1) is 16.7. The maximum atomic E-state index is 11.5. The van der Waals surface area contributed by atoms with Crippen LogP contribution < -0.4 is 4.74 Å². The summed E-state index contributed by atoms with van der Waals surface area (Å²) in [7, 11) is -3.80. The molecule has 1 aliphatic rings. The van der Waals surface area contributed by atoms with Gasteiger partial charge in [0.05, 0.1) is 12.7 Å². The average molecular weight is 507 g/mol. The van der Waals surface area contributed by atoms with Crippen LogP contribution in [0.25, 0.3) is 0 Å². The van der Waals surface area contributed by atoms with Crippen LogP contribution in [0, 0.1) is 5.92 Å². The van der Waals surface area contributed by atoms with E-state index in [2.05, 4.69) is 19.1 Å². The molecule has 0 unspecified atom stereocenters. The monoisotopic (exact) mass is 506 g/mol. The van der Waals surface area contributed by atoms with Crippen LogP contribution in [0.4, 0.5) is 0 Å². The number of benzene rings is 1. The van der Waals surface area contributed by atoms with Gasteiger partial charge >= 0.3 is 8.80 Å². The molecule has 0 N–H and O–H groups in total. The lowest BCUT2D eigenvalue weighted by molar-refractivity contribution is -0.147. The second-order valence-corrected chi connectivity index (χ2v) is 12.0. The number of unbranched alkanes of at least 4 members (excludes halogenated alkanes) is 3. The lowest BCUT2D eigenvalue weighted by Crippen LogP contribution is -2.49. The molecule has 0 aliphatic heterocycles. The number of rotatable bonds is 14. The van der Waals surface area contributed by atoms with Crippen LogP contribution in [0.1, 0.15) is 103 Å². The van der Waals surface area contributed by atoms with Crippen LogP contribution in [0.2, 0.25) is 6.04 Å². The summed E-state index contributed by atoms with van der Waals surface area (Å²) >= 11 is 0. The Morgan fingerprint density at radius 1 is 0.800 bits per heavy atom. The molecule has 0 heterocycles. The first kappa shape index (κ1) is 28.9. The van der Waals surface area contributed by atoms with E-state index >= 15 is 0 Å². The van der Waals surface area contributed by atoms with E-state index < -0.39 is 26.7 Å². The molecule has 8 heteroatoms. The minimum atomic E-state index is -3.80. The maximum absolute atomic E-state index is 11.5. The van der Waals surface area contributed by atoms with E-state index in [1.54, 1.807) is 0 Å². The summed E-state index contributed by atoms with van der Waals surface area (Å²) < 4.78 is 21.4. The van der Waals surface area contributed by atoms with Crippen LogP contribution >= 0.6 is 0 Å². The Morgan fingerprint density at radius 3 is 1.89 bits per heavy atom. The van der Waals surface area contributed by atoms with Gasteiger partial charge in [-0.2, -0.15) is 0 Å². The minimum Gasteiger partial charge on any atom is -0.494 e. The largest absolute Gasteiger partial charge is 0.705 e. The Hall–Kier alpha value is -2.35. The molecule has 2 rings (SSSR count). The van der Waals surface area contributed by atoms with Gasteiger partial charge in [-0.05, 0) is 61.6 Å². The molecule has 0 saturated heterocycles. The topological polar surface area (TPSA) is 88.1 Å². The van der Waals surface area contributed by atoms with Crippen LogP contribution in [0.15, 0.2) is 24.3 Å². The normalized spacial score (nSPS) is 17.9. The van der Waals surface area contributed by atoms with Gasteiger partial charge in [-0.25, -0.2) is 0 Å². The smallest absolute Gasteiger partial charge is 0.494 e. The fourth-order valence-corrected chi connectivity index (χ4v) is 7.15. The van der Waals surface area contributed by atoms with Crippen molar-refractivity contribution in [2.45, 2.75) is 104 Å². The van der Waals surface area contributed by atoms with Gasteiger partial charge in [0.15, 0.2) is 0 Å². The molecule has 0 radical (unpaired) electrons. The molecule has 0 amide bonds. The Morgan fingerprint density at radius 2 is 1.37 bits per heavy atom. The third kappa shape index (κ3) is 10.8. The summed E-state index contributed by atoms with van der Waals surface area (Å²) in [5, 5.41) is 0. The standard InChI is InChI=1S/C27H42O7Si/c1-5-6-7-8-10-24-11-13-25(14-12-24)26-15-17-27(18-16-26)31-19-9-20-35(32-21(2)28,33-22(3)29)34-23(4)30/h15-18,24-25H,5-14,19-20H2,1-4H3. The summed E-state index contributed by atoms with van der Waals surface area (Å²) in [6.07, 6.45) is 12.4. The van der Waals surface area contributed by atoms with Crippen molar-refractivity contribution in [2.75, 3.05) is 6.61 Å². The van der Waals surface area contributed by atoms with Gasteiger partial charge in [-0.15, -0.1) is 0 Å². The average Bonchev–Trinajstić information content (AvgIpc) is 2.79. The van der Waals surface area contributed by atoms with Crippen molar-refractivity contribution in [1.29, 1.82) is 0 Å². The molecule has 0 atom stereocenters. The molecule has 7 nitrogen and oxygen atoms in total. The molecular weight excluding hydrogens is 464 g/mol. The van der Waals surface area contributed by atoms with Crippen molar-refractivity contribution >= 4 is 26.7 Å². The van der Waals surface area contributed by atoms with E-state index in [4.69, 9.17) is 18.0 Å². The zero-order chi connectivity index (χ0) is 25.7. The summed E-state index contributed by atoms with van der Waals surface area (Å²) in [6, 6.07) is 8.38. The fourth-order valence-electron chi connectivity index (χ4n) is 4.83. The van der Waals surface area contributed by atoms with Crippen molar-refractivity contribution in [1.82, 2.24) is 0 Å². The van der Waals surface area contributed by atoms with E-state index in [0.29, 0.717) is 18.9 Å². The third-order valence-corrected chi connectivity index (χ3v) is 9.22. The Kier molecular flexibility index (Phi) is 12.3. The second-order valence-electron chi connectivity index (χ2n) is 9.55. The van der Waals surface area contributed by atoms with Crippen LogP contribution in [0.5, 0.6) is 5.75 Å². The number of hydrogen-bond donors (Lipinski definition) is 0. The molecule has 1 fully saturated rings. The van der Waals surface area contributed by atoms with Crippen molar-refractivity contribution in [3.05, 3.63) is 29.8 Å². The highest BCUT2D eigenvalue weighted by Crippen LogP contribution is 2.38. The predicted molar refractivity (Wildman–Crippen MR) is 136 cm³/mol. The van der Waals surface area contributed by atoms with Crippen molar-refractivity contribution in [3.63, 3.8) is 0 Å². The van der Waals surface area contributed by atoms with E-state index in [1.165, 1.54) is 84.1 Å². The number of hydrogen-bond acceptors (Lipinski definition) is 7. The lowest BCUT2D eigenvalue weighted by atomic mass is 9.77. The summed E-state index contributed by atoms with van der Waals surface area (Å²) in [4.78, 5) is 34.6. The van der Waals surface area contributed by atoms with Gasteiger partial charge in [-0.3, -0.25) is 14.4 Å². The Labute approximate surface area is 211 Å². The first-order valence-corrected chi connectivity index (χ1v) is 15.0. The molecule has 1 aromatic rings. The lowest BCUT2D eigenvalue weighted by Gasteiger charge is -2.29. The highest BCUT2D eigenvalue weighted by Gasteiger charge is 2.51. The van der Waals surface area contributed by atoms with Crippen molar-refractivity contribution in [2.24, 2.45) is 5.92 Å². The maximum Gasteiger partial charge on any atom is 0.705 e. The number of carbonyl (C=O) groups is 3. The highest BCUT2D eigenvalue weighted by atomic mass is 28.4. The number of carbonyl (C=O) groups excluding carboxylic acids is 3. The van der Waals surface area contributed by atoms with Gasteiger partial charge in [0.1, 0.15) is 5.75 Å². The van der Waals surface area contributed by atoms with Crippen molar-refractivity contribution in [3.8, 4) is 5.75 Å². The molecule has 1 saturated carbocycles. The molecule has 0 spiro atoms. The van der Waals surface area contributed by atoms with E-state index in [9.17, 15) is 14.4 Å². The summed E-state index contributed by atoms with van der Waals surface area (Å²) in [5.41, 5.74) is 1.37. The quantitative estimate of drug-likeness (QED) is 0.215. The number of ether oxygens (including phenoxy) is 1. The predicted octanol–water partition coefficient (Wildman–Crippen LogP) is 6.33.